The molecule has 0 spiro atoms. The Morgan fingerprint density at radius 3 is 2.68 bits per heavy atom. The first-order chi connectivity index (χ1) is 13.4. The van der Waals surface area contributed by atoms with Gasteiger partial charge in [0, 0.05) is 26.1 Å². The van der Waals surface area contributed by atoms with Crippen LogP contribution in [0, 0.1) is 5.41 Å². The molecule has 2 aliphatic heterocycles. The molecule has 0 aromatic heterocycles. The molecule has 148 valence electrons. The summed E-state index contributed by atoms with van der Waals surface area (Å²) >= 11 is 0. The molecule has 0 bridgehead atoms. The first kappa shape index (κ1) is 19.6. The lowest BCUT2D eigenvalue weighted by atomic mass is 9.77. The minimum absolute atomic E-state index is 0.0895. The summed E-state index contributed by atoms with van der Waals surface area (Å²) in [5.41, 5.74) is -0.320. The van der Waals surface area contributed by atoms with Gasteiger partial charge in [-0.3, -0.25) is 24.6 Å². The Labute approximate surface area is 162 Å². The molecule has 2 heterocycles. The topological polar surface area (TPSA) is 107 Å². The van der Waals surface area contributed by atoms with Gasteiger partial charge in [-0.15, -0.1) is 6.58 Å². The van der Waals surface area contributed by atoms with Gasteiger partial charge in [0.05, 0.1) is 16.7 Å². The van der Waals surface area contributed by atoms with Gasteiger partial charge in [-0.05, 0) is 31.4 Å². The molecule has 2 aliphatic rings. The maximum absolute atomic E-state index is 13.2. The molecule has 28 heavy (non-hydrogen) atoms. The smallest absolute Gasteiger partial charge is 0.328 e. The largest absolute Gasteiger partial charge is 0.481 e. The van der Waals surface area contributed by atoms with Gasteiger partial charge < -0.3 is 10.0 Å². The van der Waals surface area contributed by atoms with E-state index in [0.717, 1.165) is 0 Å². The van der Waals surface area contributed by atoms with Crippen molar-refractivity contribution in [3.05, 3.63) is 42.5 Å². The zero-order chi connectivity index (χ0) is 20.3. The number of rotatable bonds is 5. The molecule has 2 N–H and O–H groups in total. The van der Waals surface area contributed by atoms with Crippen molar-refractivity contribution in [2.45, 2.75) is 25.7 Å². The number of hydrogen-bond donors (Lipinski definition) is 2. The summed E-state index contributed by atoms with van der Waals surface area (Å²) in [6, 6.07) is 6.11. The Hall–Kier alpha value is -3.16. The standard InChI is InChI=1S/C20H23N3O5/c1-2-9-20(18(26)27)10-5-11-22(13-20)17(25)14-6-3-4-7-15(14)23-12-8-16(24)21-19(23)28/h2-4,6-7H,1,5,8-13H2,(H,26,27)(H,21,24,28). The number of carboxylic acids is 1. The molecule has 1 unspecified atom stereocenters. The van der Waals surface area contributed by atoms with Crippen molar-refractivity contribution in [2.24, 2.45) is 5.41 Å². The number of benzene rings is 1. The third-order valence-electron chi connectivity index (χ3n) is 5.33. The van der Waals surface area contributed by atoms with Crippen LogP contribution < -0.4 is 10.2 Å². The number of anilines is 1. The number of carbonyl (C=O) groups excluding carboxylic acids is 3. The van der Waals surface area contributed by atoms with Crippen LogP contribution >= 0.6 is 0 Å². The first-order valence-corrected chi connectivity index (χ1v) is 9.22. The number of hydrogen-bond acceptors (Lipinski definition) is 4. The fourth-order valence-electron chi connectivity index (χ4n) is 3.86. The van der Waals surface area contributed by atoms with Crippen molar-refractivity contribution in [3.63, 3.8) is 0 Å². The van der Waals surface area contributed by atoms with E-state index in [4.69, 9.17) is 0 Å². The zero-order valence-electron chi connectivity index (χ0n) is 15.5. The maximum atomic E-state index is 13.2. The quantitative estimate of drug-likeness (QED) is 0.754. The first-order valence-electron chi connectivity index (χ1n) is 9.22. The molecule has 3 rings (SSSR count). The van der Waals surface area contributed by atoms with E-state index in [-0.39, 0.29) is 37.7 Å². The minimum atomic E-state index is -1.04. The Morgan fingerprint density at radius 1 is 1.25 bits per heavy atom. The predicted molar refractivity (Wildman–Crippen MR) is 102 cm³/mol. The van der Waals surface area contributed by atoms with Crippen LogP contribution in [0.2, 0.25) is 0 Å². The molecule has 8 nitrogen and oxygen atoms in total. The van der Waals surface area contributed by atoms with Crippen molar-refractivity contribution in [3.8, 4) is 0 Å². The molecule has 8 heteroatoms. The van der Waals surface area contributed by atoms with E-state index < -0.39 is 17.4 Å². The number of piperidine rings is 1. The molecule has 1 aromatic carbocycles. The number of para-hydroxylation sites is 1. The number of amides is 4. The van der Waals surface area contributed by atoms with Crippen LogP contribution in [0.3, 0.4) is 0 Å². The molecule has 4 amide bonds. The zero-order valence-corrected chi connectivity index (χ0v) is 15.5. The number of nitrogens with one attached hydrogen (secondary N) is 1. The van der Waals surface area contributed by atoms with Gasteiger partial charge >= 0.3 is 12.0 Å². The Bertz CT molecular complexity index is 837. The van der Waals surface area contributed by atoms with Crippen LogP contribution in [0.15, 0.2) is 36.9 Å². The van der Waals surface area contributed by atoms with Crippen molar-refractivity contribution in [1.29, 1.82) is 0 Å². The summed E-state index contributed by atoms with van der Waals surface area (Å²) < 4.78 is 0. The van der Waals surface area contributed by atoms with E-state index in [1.807, 2.05) is 0 Å². The molecular formula is C20H23N3O5. The molecule has 0 aliphatic carbocycles. The highest BCUT2D eigenvalue weighted by Gasteiger charge is 2.43. The van der Waals surface area contributed by atoms with E-state index in [2.05, 4.69) is 11.9 Å². The molecule has 1 aromatic rings. The van der Waals surface area contributed by atoms with E-state index in [0.29, 0.717) is 30.6 Å². The average Bonchev–Trinajstić information content (AvgIpc) is 2.68. The SMILES string of the molecule is C=CCC1(C(=O)O)CCCN(C(=O)c2ccccc2N2CCC(=O)NC2=O)C1. The third kappa shape index (κ3) is 3.62. The van der Waals surface area contributed by atoms with Gasteiger partial charge in [0.15, 0.2) is 0 Å². The number of carbonyl (C=O) groups is 4. The minimum Gasteiger partial charge on any atom is -0.481 e. The number of imide groups is 1. The van der Waals surface area contributed by atoms with Gasteiger partial charge in [0.2, 0.25) is 5.91 Å². The van der Waals surface area contributed by atoms with Crippen molar-refractivity contribution in [2.75, 3.05) is 24.5 Å². The Balaban J connectivity index is 1.89. The highest BCUT2D eigenvalue weighted by atomic mass is 16.4. The summed E-state index contributed by atoms with van der Waals surface area (Å²) in [6.07, 6.45) is 3.07. The van der Waals surface area contributed by atoms with E-state index in [1.54, 1.807) is 30.3 Å². The summed E-state index contributed by atoms with van der Waals surface area (Å²) in [5, 5.41) is 12.0. The van der Waals surface area contributed by atoms with Gasteiger partial charge in [-0.1, -0.05) is 18.2 Å². The lowest BCUT2D eigenvalue weighted by Crippen LogP contribution is -2.51. The second kappa shape index (κ2) is 7.84. The molecular weight excluding hydrogens is 362 g/mol. The predicted octanol–water partition coefficient (Wildman–Crippen LogP) is 2.02. The number of urea groups is 1. The third-order valence-corrected chi connectivity index (χ3v) is 5.33. The monoisotopic (exact) mass is 385 g/mol. The number of aliphatic carboxylic acids is 1. The Kier molecular flexibility index (Phi) is 5.48. The Morgan fingerprint density at radius 2 is 2.00 bits per heavy atom. The number of allylic oxidation sites excluding steroid dienone is 1. The van der Waals surface area contributed by atoms with E-state index in [1.165, 1.54) is 9.80 Å². The normalized spacial score (nSPS) is 22.6. The highest BCUT2D eigenvalue weighted by molar-refractivity contribution is 6.09. The molecule has 0 saturated carbocycles. The van der Waals surface area contributed by atoms with E-state index >= 15 is 0 Å². The van der Waals surface area contributed by atoms with Crippen molar-refractivity contribution >= 4 is 29.5 Å². The molecule has 2 fully saturated rings. The van der Waals surface area contributed by atoms with Gasteiger partial charge in [-0.25, -0.2) is 4.79 Å². The lowest BCUT2D eigenvalue weighted by Gasteiger charge is -2.40. The van der Waals surface area contributed by atoms with Crippen LogP contribution in [0.5, 0.6) is 0 Å². The van der Waals surface area contributed by atoms with Gasteiger partial charge in [-0.2, -0.15) is 0 Å². The molecule has 0 radical (unpaired) electrons. The van der Waals surface area contributed by atoms with Gasteiger partial charge in [0.25, 0.3) is 5.91 Å². The number of nitrogens with zero attached hydrogens (tertiary/aromatic N) is 2. The second-order valence-corrected chi connectivity index (χ2v) is 7.18. The number of likely N-dealkylation sites (tertiary alicyclic amines) is 1. The van der Waals surface area contributed by atoms with Crippen molar-refractivity contribution < 1.29 is 24.3 Å². The maximum Gasteiger partial charge on any atom is 0.328 e. The molecule has 1 atom stereocenters. The number of carboxylic acid groups (broad SMARTS) is 1. The van der Waals surface area contributed by atoms with E-state index in [9.17, 15) is 24.3 Å². The van der Waals surface area contributed by atoms with Crippen LogP contribution in [0.25, 0.3) is 0 Å². The fraction of sp³-hybridized carbons (Fsp3) is 0.400. The van der Waals surface area contributed by atoms with Crippen LogP contribution in [-0.4, -0.2) is 53.5 Å². The fourth-order valence-corrected chi connectivity index (χ4v) is 3.86. The van der Waals surface area contributed by atoms with Gasteiger partial charge in [0.1, 0.15) is 0 Å². The summed E-state index contributed by atoms with van der Waals surface area (Å²) in [4.78, 5) is 51.6. The summed E-state index contributed by atoms with van der Waals surface area (Å²) in [7, 11) is 0. The van der Waals surface area contributed by atoms with Crippen molar-refractivity contribution in [1.82, 2.24) is 10.2 Å². The highest BCUT2D eigenvalue weighted by Crippen LogP contribution is 2.35. The lowest BCUT2D eigenvalue weighted by molar-refractivity contribution is -0.151. The molecule has 2 saturated heterocycles. The van der Waals surface area contributed by atoms with Crippen LogP contribution in [0.4, 0.5) is 10.5 Å². The van der Waals surface area contributed by atoms with Crippen LogP contribution in [-0.2, 0) is 9.59 Å². The summed E-state index contributed by atoms with van der Waals surface area (Å²) in [6.45, 7) is 4.38. The second-order valence-electron chi connectivity index (χ2n) is 7.18. The summed E-state index contributed by atoms with van der Waals surface area (Å²) in [5.74, 6) is -1.61. The van der Waals surface area contributed by atoms with Crippen LogP contribution in [0.1, 0.15) is 36.0 Å². The average molecular weight is 385 g/mol.